The summed E-state index contributed by atoms with van der Waals surface area (Å²) < 4.78 is 41.7. The number of nitrogens with zero attached hydrogens (tertiary/aromatic N) is 4. The fourth-order valence-corrected chi connectivity index (χ4v) is 8.46. The van der Waals surface area contributed by atoms with Gasteiger partial charge in [0.2, 0.25) is 5.91 Å². The highest BCUT2D eigenvalue weighted by atomic mass is 31.2. The molecule has 13 nitrogen and oxygen atoms in total. The zero-order valence-electron chi connectivity index (χ0n) is 32.4. The maximum atomic E-state index is 13.4. The van der Waals surface area contributed by atoms with E-state index in [4.69, 9.17) is 28.0 Å². The van der Waals surface area contributed by atoms with Gasteiger partial charge in [-0.05, 0) is 74.7 Å². The van der Waals surface area contributed by atoms with Crippen LogP contribution < -0.4 is 20.5 Å². The van der Waals surface area contributed by atoms with Gasteiger partial charge in [0.1, 0.15) is 35.2 Å². The first kappa shape index (κ1) is 41.5. The monoisotopic (exact) mass is 771 g/mol. The van der Waals surface area contributed by atoms with Crippen LogP contribution in [0, 0.1) is 11.3 Å². The lowest BCUT2D eigenvalue weighted by molar-refractivity contribution is -0.114. The Labute approximate surface area is 324 Å². The van der Waals surface area contributed by atoms with Gasteiger partial charge in [0, 0.05) is 31.6 Å². The fraction of sp³-hybridized carbons (Fsp3) is 0.415. The molecular weight excluding hydrogens is 721 g/mol. The van der Waals surface area contributed by atoms with E-state index in [2.05, 4.69) is 48.7 Å². The Morgan fingerprint density at radius 3 is 2.05 bits per heavy atom. The zero-order chi connectivity index (χ0) is 39.5. The molecule has 1 amide bonds. The van der Waals surface area contributed by atoms with Crippen molar-refractivity contribution < 1.29 is 32.8 Å². The zero-order valence-corrected chi connectivity index (χ0v) is 33.3. The minimum atomic E-state index is -1.68. The molecule has 0 spiro atoms. The lowest BCUT2D eigenvalue weighted by Crippen LogP contribution is -2.39. The molecule has 14 heteroatoms. The third kappa shape index (κ3) is 9.96. The molecule has 5 rings (SSSR count). The number of carbonyl (C=O) groups excluding carboxylic acids is 1. The largest absolute Gasteiger partial charge is 0.497 e. The van der Waals surface area contributed by atoms with Crippen molar-refractivity contribution in [2.24, 2.45) is 0 Å². The van der Waals surface area contributed by atoms with Crippen molar-refractivity contribution in [3.63, 3.8) is 0 Å². The second-order valence-electron chi connectivity index (χ2n) is 13.6. The Morgan fingerprint density at radius 2 is 1.55 bits per heavy atom. The molecule has 1 saturated heterocycles. The minimum absolute atomic E-state index is 0.0327. The van der Waals surface area contributed by atoms with Crippen molar-refractivity contribution >= 4 is 20.3 Å². The van der Waals surface area contributed by atoms with Gasteiger partial charge in [-0.25, -0.2) is 9.46 Å². The van der Waals surface area contributed by atoms with Crippen LogP contribution in [0.5, 0.6) is 11.5 Å². The van der Waals surface area contributed by atoms with E-state index in [1.807, 2.05) is 78.9 Å². The molecule has 0 saturated carbocycles. The van der Waals surface area contributed by atoms with Gasteiger partial charge in [-0.3, -0.25) is 9.36 Å². The average molecular weight is 772 g/mol. The lowest BCUT2D eigenvalue weighted by atomic mass is 9.80. The maximum Gasteiger partial charge on any atom is 0.351 e. The van der Waals surface area contributed by atoms with Crippen molar-refractivity contribution in [1.82, 2.24) is 14.2 Å². The quantitative estimate of drug-likeness (QED) is 0.0624. The van der Waals surface area contributed by atoms with E-state index in [0.717, 1.165) is 16.7 Å². The predicted molar refractivity (Wildman–Crippen MR) is 210 cm³/mol. The molecule has 0 radical (unpaired) electrons. The highest BCUT2D eigenvalue weighted by molar-refractivity contribution is 7.44. The normalized spacial score (nSPS) is 17.7. The summed E-state index contributed by atoms with van der Waals surface area (Å²) in [6, 6.07) is 29.3. The molecule has 2 heterocycles. The van der Waals surface area contributed by atoms with Gasteiger partial charge in [0.25, 0.3) is 8.53 Å². The van der Waals surface area contributed by atoms with Gasteiger partial charge in [0.05, 0.1) is 46.0 Å². The number of rotatable bonds is 18. The smallest absolute Gasteiger partial charge is 0.351 e. The molecule has 0 aliphatic carbocycles. The summed E-state index contributed by atoms with van der Waals surface area (Å²) in [6.45, 7) is 9.85. The van der Waals surface area contributed by atoms with Gasteiger partial charge in [-0.15, -0.1) is 0 Å². The van der Waals surface area contributed by atoms with Crippen LogP contribution in [0.2, 0.25) is 0 Å². The van der Waals surface area contributed by atoms with Gasteiger partial charge in [0.15, 0.2) is 0 Å². The molecule has 292 valence electrons. The van der Waals surface area contributed by atoms with Crippen molar-refractivity contribution in [3.8, 4) is 17.6 Å². The molecule has 1 aliphatic heterocycles. The van der Waals surface area contributed by atoms with Crippen LogP contribution in [-0.4, -0.2) is 71.9 Å². The highest BCUT2D eigenvalue weighted by Crippen LogP contribution is 2.50. The van der Waals surface area contributed by atoms with E-state index in [-0.39, 0.29) is 49.9 Å². The Kier molecular flexibility index (Phi) is 14.5. The average Bonchev–Trinajstić information content (AvgIpc) is 3.57. The van der Waals surface area contributed by atoms with Crippen LogP contribution in [0.25, 0.3) is 0 Å². The third-order valence-corrected chi connectivity index (χ3v) is 11.3. The van der Waals surface area contributed by atoms with Crippen LogP contribution in [0.3, 0.4) is 0 Å². The van der Waals surface area contributed by atoms with Crippen molar-refractivity contribution in [1.29, 1.82) is 5.26 Å². The minimum Gasteiger partial charge on any atom is -0.497 e. The van der Waals surface area contributed by atoms with Gasteiger partial charge in [-0.2, -0.15) is 10.2 Å². The number of nitriles is 1. The molecule has 4 aromatic rings. The summed E-state index contributed by atoms with van der Waals surface area (Å²) >= 11 is 0. The molecule has 4 atom stereocenters. The first-order valence-corrected chi connectivity index (χ1v) is 19.4. The number of carbonyl (C=O) groups is 1. The van der Waals surface area contributed by atoms with Crippen molar-refractivity contribution in [2.45, 2.75) is 83.6 Å². The topological polar surface area (TPSA) is 146 Å². The molecule has 3 aromatic carbocycles. The number of aromatic nitrogens is 2. The second-order valence-corrected chi connectivity index (χ2v) is 15.0. The van der Waals surface area contributed by atoms with Gasteiger partial charge < -0.3 is 33.3 Å². The summed E-state index contributed by atoms with van der Waals surface area (Å²) in [7, 11) is 1.57. The van der Waals surface area contributed by atoms with Crippen LogP contribution in [0.1, 0.15) is 70.4 Å². The van der Waals surface area contributed by atoms with Crippen LogP contribution in [0.4, 0.5) is 5.82 Å². The molecule has 55 heavy (non-hydrogen) atoms. The fourth-order valence-electron chi connectivity index (χ4n) is 6.71. The first-order chi connectivity index (χ1) is 26.5. The van der Waals surface area contributed by atoms with E-state index in [1.165, 1.54) is 11.5 Å². The lowest BCUT2D eigenvalue weighted by Gasteiger charge is -2.39. The predicted octanol–water partition coefficient (Wildman–Crippen LogP) is 7.18. The van der Waals surface area contributed by atoms with Crippen LogP contribution in [0.15, 0.2) is 95.9 Å². The maximum absolute atomic E-state index is 13.4. The summed E-state index contributed by atoms with van der Waals surface area (Å²) in [5, 5.41) is 11.9. The van der Waals surface area contributed by atoms with E-state index in [1.54, 1.807) is 26.5 Å². The summed E-state index contributed by atoms with van der Waals surface area (Å²) in [5.74, 6) is 1.20. The molecule has 1 aliphatic rings. The number of hydrogen-bond acceptors (Lipinski definition) is 11. The first-order valence-electron chi connectivity index (χ1n) is 18.3. The Hall–Kier alpha value is -4.67. The molecule has 1 N–H and O–H groups in total. The molecular formula is C41H50N5O8P. The number of hydrogen-bond donors (Lipinski definition) is 1. The van der Waals surface area contributed by atoms with Gasteiger partial charge >= 0.3 is 5.69 Å². The number of ether oxygens (including phenoxy) is 4. The molecule has 1 fully saturated rings. The Balaban J connectivity index is 1.59. The summed E-state index contributed by atoms with van der Waals surface area (Å²) in [4.78, 5) is 29.1. The molecule has 4 unspecified atom stereocenters. The van der Waals surface area contributed by atoms with Crippen LogP contribution in [-0.2, 0) is 28.9 Å². The number of nitrogens with one attached hydrogen (secondary N) is 1. The van der Waals surface area contributed by atoms with Crippen molar-refractivity contribution in [2.75, 3.05) is 32.8 Å². The number of benzene rings is 3. The Morgan fingerprint density at radius 1 is 0.964 bits per heavy atom. The van der Waals surface area contributed by atoms with Crippen molar-refractivity contribution in [3.05, 3.63) is 118 Å². The number of anilines is 1. The summed E-state index contributed by atoms with van der Waals surface area (Å²) in [6.07, 6.45) is -0.0653. The molecule has 1 aromatic heterocycles. The summed E-state index contributed by atoms with van der Waals surface area (Å²) in [5.41, 5.74) is 0.835. The number of methoxy groups -OCH3 is 2. The van der Waals surface area contributed by atoms with E-state index >= 15 is 0 Å². The Bertz CT molecular complexity index is 1880. The van der Waals surface area contributed by atoms with E-state index in [0.29, 0.717) is 11.5 Å². The number of amides is 1. The van der Waals surface area contributed by atoms with E-state index in [9.17, 15) is 14.9 Å². The highest BCUT2D eigenvalue weighted by Gasteiger charge is 2.45. The third-order valence-electron chi connectivity index (χ3n) is 9.15. The standard InChI is InChI=1S/C41H50N5O8P/c1-28(2)46(29(3)4)55(52-25-11-23-42)54-36-26-39(45-24-22-38(43-30(5)47)44-40(45)48)53-37(36)27-51-41(31-12-9-8-10-13-31,32-14-18-34(49-6)19-15-32)33-16-20-35(50-7)21-17-33/h8-10,12-22,24,28-29,36-37,39H,11,25-27H2,1-7H3,(H,43,44,47,48). The van der Waals surface area contributed by atoms with Crippen LogP contribution >= 0.6 is 8.53 Å². The second kappa shape index (κ2) is 19.3. The van der Waals surface area contributed by atoms with Gasteiger partial charge in [-0.1, -0.05) is 54.6 Å². The SMILES string of the molecule is COc1ccc(C(OCC2OC(n3ccc(NC(C)=O)nc3=O)CC2OP(OCCC#N)N(C(C)C)C(C)C)(c2ccccc2)c2ccc(OC)cc2)cc1. The molecule has 0 bridgehead atoms. The van der Waals surface area contributed by atoms with E-state index < -0.39 is 38.3 Å².